The number of rotatable bonds is 2. The molecule has 0 spiro atoms. The van der Waals surface area contributed by atoms with Crippen LogP contribution < -0.4 is 5.73 Å². The molecule has 0 saturated carbocycles. The van der Waals surface area contributed by atoms with Crippen molar-refractivity contribution in [2.24, 2.45) is 0 Å². The van der Waals surface area contributed by atoms with Crippen LogP contribution in [0.15, 0.2) is 18.2 Å². The van der Waals surface area contributed by atoms with Crippen LogP contribution in [0.4, 0.5) is 10.3 Å². The van der Waals surface area contributed by atoms with Crippen molar-refractivity contribution in [1.29, 1.82) is 0 Å². The van der Waals surface area contributed by atoms with Gasteiger partial charge in [0.25, 0.3) is 0 Å². The molecule has 0 bridgehead atoms. The predicted molar refractivity (Wildman–Crippen MR) is 76.4 cm³/mol. The van der Waals surface area contributed by atoms with Gasteiger partial charge >= 0.3 is 0 Å². The number of aromatic nitrogens is 4. The van der Waals surface area contributed by atoms with Crippen LogP contribution in [0.5, 0.6) is 0 Å². The first-order valence-electron chi connectivity index (χ1n) is 6.51. The van der Waals surface area contributed by atoms with Crippen molar-refractivity contribution in [3.05, 3.63) is 35.3 Å². The topological polar surface area (TPSA) is 61.7 Å². The lowest BCUT2D eigenvalue weighted by atomic mass is 10.2. The smallest absolute Gasteiger partial charge is 0.207 e. The quantitative estimate of drug-likeness (QED) is 0.780. The molecule has 0 fully saturated rings. The molecule has 0 saturated heterocycles. The zero-order valence-electron chi connectivity index (χ0n) is 11.7. The Morgan fingerprint density at radius 3 is 2.70 bits per heavy atom. The first-order valence-corrected chi connectivity index (χ1v) is 6.51. The van der Waals surface area contributed by atoms with E-state index in [0.29, 0.717) is 17.7 Å². The molecular formula is C14H16FN5. The van der Waals surface area contributed by atoms with E-state index in [4.69, 9.17) is 5.73 Å². The minimum Gasteiger partial charge on any atom is -0.369 e. The molecule has 0 aliphatic carbocycles. The van der Waals surface area contributed by atoms with Crippen LogP contribution in [-0.2, 0) is 6.54 Å². The molecule has 1 aromatic carbocycles. The van der Waals surface area contributed by atoms with Gasteiger partial charge in [0.05, 0.1) is 11.4 Å². The molecule has 2 heterocycles. The zero-order valence-corrected chi connectivity index (χ0v) is 11.7. The van der Waals surface area contributed by atoms with Crippen molar-refractivity contribution >= 4 is 17.1 Å². The van der Waals surface area contributed by atoms with E-state index in [9.17, 15) is 4.39 Å². The molecule has 0 radical (unpaired) electrons. The highest BCUT2D eigenvalue weighted by molar-refractivity contribution is 5.80. The fraction of sp³-hybridized carbons (Fsp3) is 0.286. The highest BCUT2D eigenvalue weighted by atomic mass is 19.1. The maximum Gasteiger partial charge on any atom is 0.207 e. The summed E-state index contributed by atoms with van der Waals surface area (Å²) in [4.78, 5) is 4.33. The lowest BCUT2D eigenvalue weighted by Gasteiger charge is -2.11. The molecule has 0 atom stereocenters. The molecule has 20 heavy (non-hydrogen) atoms. The van der Waals surface area contributed by atoms with Crippen molar-refractivity contribution in [2.45, 2.75) is 27.3 Å². The van der Waals surface area contributed by atoms with E-state index in [0.717, 1.165) is 16.9 Å². The summed E-state index contributed by atoms with van der Waals surface area (Å²) >= 11 is 0. The van der Waals surface area contributed by atoms with E-state index in [1.54, 1.807) is 15.3 Å². The second-order valence-corrected chi connectivity index (χ2v) is 4.78. The summed E-state index contributed by atoms with van der Waals surface area (Å²) in [5.41, 5.74) is 9.48. The van der Waals surface area contributed by atoms with E-state index < -0.39 is 0 Å². The minimum atomic E-state index is -0.322. The van der Waals surface area contributed by atoms with Crippen LogP contribution >= 0.6 is 0 Å². The first-order chi connectivity index (χ1) is 9.54. The van der Waals surface area contributed by atoms with Gasteiger partial charge in [-0.2, -0.15) is 5.10 Å². The van der Waals surface area contributed by atoms with Gasteiger partial charge in [0.2, 0.25) is 5.95 Å². The normalized spacial score (nSPS) is 11.4. The largest absolute Gasteiger partial charge is 0.369 e. The molecule has 6 heteroatoms. The van der Waals surface area contributed by atoms with Crippen molar-refractivity contribution in [3.8, 4) is 5.69 Å². The molecule has 5 nitrogen and oxygen atoms in total. The molecule has 2 aromatic heterocycles. The first kappa shape index (κ1) is 12.7. The highest BCUT2D eigenvalue weighted by Gasteiger charge is 2.20. The van der Waals surface area contributed by atoms with Gasteiger partial charge in [-0.15, -0.1) is 0 Å². The van der Waals surface area contributed by atoms with Gasteiger partial charge < -0.3 is 5.73 Å². The number of imidazole rings is 1. The molecule has 0 aliphatic rings. The van der Waals surface area contributed by atoms with Crippen LogP contribution in [-0.4, -0.2) is 19.3 Å². The van der Waals surface area contributed by atoms with E-state index in [2.05, 4.69) is 10.1 Å². The number of nitrogens with two attached hydrogens (primary N) is 1. The molecule has 3 aromatic rings. The summed E-state index contributed by atoms with van der Waals surface area (Å²) in [5, 5.41) is 4.41. The molecular weight excluding hydrogens is 257 g/mol. The molecule has 0 unspecified atom stereocenters. The molecule has 104 valence electrons. The van der Waals surface area contributed by atoms with Gasteiger partial charge in [-0.3, -0.25) is 4.57 Å². The zero-order chi connectivity index (χ0) is 14.4. The third-order valence-electron chi connectivity index (χ3n) is 3.45. The van der Waals surface area contributed by atoms with Crippen molar-refractivity contribution in [3.63, 3.8) is 0 Å². The van der Waals surface area contributed by atoms with Gasteiger partial charge in [-0.1, -0.05) is 12.1 Å². The maximum absolute atomic E-state index is 14.2. The average Bonchev–Trinajstić information content (AvgIpc) is 2.88. The molecule has 3 rings (SSSR count). The number of halogens is 1. The average molecular weight is 273 g/mol. The predicted octanol–water partition coefficient (Wildman–Crippen LogP) is 2.58. The number of anilines is 1. The number of fused-ring (bicyclic) bond motifs is 1. The summed E-state index contributed by atoms with van der Waals surface area (Å²) in [6.07, 6.45) is 0. The Labute approximate surface area is 115 Å². The number of hydrogen-bond donors (Lipinski definition) is 1. The van der Waals surface area contributed by atoms with Gasteiger partial charge in [-0.05, 0) is 32.4 Å². The van der Waals surface area contributed by atoms with Gasteiger partial charge in [0.15, 0.2) is 5.65 Å². The van der Waals surface area contributed by atoms with Crippen LogP contribution in [0.25, 0.3) is 16.9 Å². The molecule has 0 amide bonds. The van der Waals surface area contributed by atoms with Crippen molar-refractivity contribution in [2.75, 3.05) is 5.73 Å². The van der Waals surface area contributed by atoms with Crippen LogP contribution in [0.3, 0.4) is 0 Å². The Bertz CT molecular complexity index is 779. The van der Waals surface area contributed by atoms with Gasteiger partial charge in [0.1, 0.15) is 11.3 Å². The summed E-state index contributed by atoms with van der Waals surface area (Å²) in [6.45, 7) is 6.37. The SMILES string of the molecule is CCn1nc(C)c2nc(N)n(-c3c(C)cccc3F)c21. The van der Waals surface area contributed by atoms with E-state index in [-0.39, 0.29) is 11.8 Å². The lowest BCUT2D eigenvalue weighted by Crippen LogP contribution is -2.09. The lowest BCUT2D eigenvalue weighted by molar-refractivity contribution is 0.613. The van der Waals surface area contributed by atoms with E-state index in [1.165, 1.54) is 6.07 Å². The number of nitrogens with zero attached hydrogens (tertiary/aromatic N) is 4. The van der Waals surface area contributed by atoms with E-state index >= 15 is 0 Å². The fourth-order valence-electron chi connectivity index (χ4n) is 2.53. The van der Waals surface area contributed by atoms with Crippen LogP contribution in [0, 0.1) is 19.7 Å². The standard InChI is InChI=1S/C14H16FN5/c1-4-19-13-11(9(3)18-19)17-14(16)20(13)12-8(2)6-5-7-10(12)15/h5-7H,4H2,1-3H3,(H2,16,17). The summed E-state index contributed by atoms with van der Waals surface area (Å²) in [6, 6.07) is 4.96. The summed E-state index contributed by atoms with van der Waals surface area (Å²) in [7, 11) is 0. The Hall–Kier alpha value is -2.37. The molecule has 0 aliphatic heterocycles. The van der Waals surface area contributed by atoms with Gasteiger partial charge in [-0.25, -0.2) is 14.1 Å². The second kappa shape index (κ2) is 4.33. The Kier molecular flexibility index (Phi) is 2.74. The van der Waals surface area contributed by atoms with Gasteiger partial charge in [0, 0.05) is 6.54 Å². The Morgan fingerprint density at radius 2 is 2.05 bits per heavy atom. The maximum atomic E-state index is 14.2. The summed E-state index contributed by atoms with van der Waals surface area (Å²) < 4.78 is 17.7. The monoisotopic (exact) mass is 273 g/mol. The molecule has 2 N–H and O–H groups in total. The van der Waals surface area contributed by atoms with Crippen LogP contribution in [0.1, 0.15) is 18.2 Å². The fourth-order valence-corrected chi connectivity index (χ4v) is 2.53. The third kappa shape index (κ3) is 1.61. The Balaban J connectivity index is 2.45. The van der Waals surface area contributed by atoms with Crippen LogP contribution in [0.2, 0.25) is 0 Å². The minimum absolute atomic E-state index is 0.274. The third-order valence-corrected chi connectivity index (χ3v) is 3.45. The Morgan fingerprint density at radius 1 is 1.30 bits per heavy atom. The number of para-hydroxylation sites is 1. The highest BCUT2D eigenvalue weighted by Crippen LogP contribution is 2.28. The second-order valence-electron chi connectivity index (χ2n) is 4.78. The van der Waals surface area contributed by atoms with E-state index in [1.807, 2.05) is 26.8 Å². The number of hydrogen-bond acceptors (Lipinski definition) is 3. The van der Waals surface area contributed by atoms with Crippen molar-refractivity contribution in [1.82, 2.24) is 19.3 Å². The number of benzene rings is 1. The van der Waals surface area contributed by atoms with Crippen molar-refractivity contribution < 1.29 is 4.39 Å². The summed E-state index contributed by atoms with van der Waals surface area (Å²) in [5.74, 6) is -0.0478. The number of nitrogen functional groups attached to an aromatic ring is 1. The number of aryl methyl sites for hydroxylation is 3.